The highest BCUT2D eigenvalue weighted by Crippen LogP contribution is 2.50. The minimum atomic E-state index is -0.878. The van der Waals surface area contributed by atoms with E-state index in [2.05, 4.69) is 10.4 Å². The number of hydrogen-bond acceptors (Lipinski definition) is 8. The highest BCUT2D eigenvalue weighted by molar-refractivity contribution is 6.31. The van der Waals surface area contributed by atoms with E-state index in [0.29, 0.717) is 51.7 Å². The summed E-state index contributed by atoms with van der Waals surface area (Å²) in [4.78, 5) is 32.1. The van der Waals surface area contributed by atoms with E-state index in [0.717, 1.165) is 5.39 Å². The summed E-state index contributed by atoms with van der Waals surface area (Å²) in [6, 6.07) is 14.3. The number of benzene rings is 2. The Kier molecular flexibility index (Phi) is 7.42. The number of nitrogens with two attached hydrogens (primary N) is 1. The molecule has 0 spiro atoms. The first kappa shape index (κ1) is 27.8. The van der Waals surface area contributed by atoms with Gasteiger partial charge in [0.15, 0.2) is 5.78 Å². The molecule has 1 aliphatic heterocycles. The number of rotatable bonds is 6. The lowest BCUT2D eigenvalue weighted by Crippen LogP contribution is -2.45. The highest BCUT2D eigenvalue weighted by Gasteiger charge is 2.47. The molecule has 0 amide bonds. The maximum absolute atomic E-state index is 13.9. The van der Waals surface area contributed by atoms with Crippen LogP contribution in [0.4, 0.5) is 5.69 Å². The van der Waals surface area contributed by atoms with Crippen molar-refractivity contribution in [2.45, 2.75) is 39.5 Å². The molecule has 8 nitrogen and oxygen atoms in total. The van der Waals surface area contributed by atoms with Crippen LogP contribution >= 0.6 is 23.2 Å². The van der Waals surface area contributed by atoms with Crippen molar-refractivity contribution in [3.8, 4) is 5.75 Å². The summed E-state index contributed by atoms with van der Waals surface area (Å²) in [6.45, 7) is 5.90. The van der Waals surface area contributed by atoms with Crippen molar-refractivity contribution in [2.24, 2.45) is 11.1 Å². The molecule has 1 unspecified atom stereocenters. The number of fused-ring (bicyclic) bond motifs is 1. The molecule has 0 saturated heterocycles. The Balaban J connectivity index is 1.77. The molecule has 0 radical (unpaired) electrons. The minimum absolute atomic E-state index is 0.102. The Morgan fingerprint density at radius 1 is 1.15 bits per heavy atom. The van der Waals surface area contributed by atoms with Gasteiger partial charge in [-0.2, -0.15) is 0 Å². The molecule has 5 rings (SSSR count). The zero-order chi connectivity index (χ0) is 28.8. The van der Waals surface area contributed by atoms with Crippen LogP contribution in [0.2, 0.25) is 10.2 Å². The van der Waals surface area contributed by atoms with Crippen LogP contribution in [-0.4, -0.2) is 35.5 Å². The second-order valence-electron chi connectivity index (χ2n) is 10.6. The fourth-order valence-electron chi connectivity index (χ4n) is 5.39. The van der Waals surface area contributed by atoms with Crippen LogP contribution in [0.15, 0.2) is 71.2 Å². The summed E-state index contributed by atoms with van der Waals surface area (Å²) >= 11 is 12.9. The first-order chi connectivity index (χ1) is 19.0. The molecule has 1 aromatic heterocycles. The van der Waals surface area contributed by atoms with E-state index < -0.39 is 11.9 Å². The number of nitrogens with one attached hydrogen (secondary N) is 1. The molecule has 2 aromatic carbocycles. The number of ether oxygens (including phenoxy) is 2. The maximum Gasteiger partial charge on any atom is 0.338 e. The van der Waals surface area contributed by atoms with Gasteiger partial charge in [0.1, 0.15) is 16.7 Å². The standard InChI is InChI=1S/C30H30Cl2N4O4/c1-5-40-29(38)26-24(20-13-16-12-19(39-4)10-11-21(16)34-27(20)32)25-22(14-30(2,3)15-23(25)37)36(28(26)33)35-18-8-6-17(31)7-9-18/h6-13,24,35H,5,14-15,33H2,1-4H3. The van der Waals surface area contributed by atoms with Crippen LogP contribution in [0.5, 0.6) is 5.75 Å². The number of hydrazine groups is 1. The van der Waals surface area contributed by atoms with Crippen LogP contribution < -0.4 is 15.9 Å². The van der Waals surface area contributed by atoms with Crippen LogP contribution in [0.3, 0.4) is 0 Å². The zero-order valence-electron chi connectivity index (χ0n) is 22.7. The molecule has 208 valence electrons. The Labute approximate surface area is 242 Å². The lowest BCUT2D eigenvalue weighted by atomic mass is 9.69. The van der Waals surface area contributed by atoms with Gasteiger partial charge in [0.2, 0.25) is 0 Å². The fourth-order valence-corrected chi connectivity index (χ4v) is 5.77. The lowest BCUT2D eigenvalue weighted by molar-refractivity contribution is -0.139. The molecule has 1 atom stereocenters. The molecule has 3 N–H and O–H groups in total. The monoisotopic (exact) mass is 580 g/mol. The number of nitrogens with zero attached hydrogens (tertiary/aromatic N) is 2. The van der Waals surface area contributed by atoms with Gasteiger partial charge in [0.25, 0.3) is 0 Å². The predicted octanol–water partition coefficient (Wildman–Crippen LogP) is 6.35. The van der Waals surface area contributed by atoms with Gasteiger partial charge in [-0.25, -0.2) is 14.8 Å². The third kappa shape index (κ3) is 5.09. The van der Waals surface area contributed by atoms with E-state index in [1.54, 1.807) is 55.4 Å². The maximum atomic E-state index is 13.9. The van der Waals surface area contributed by atoms with Gasteiger partial charge in [0, 0.05) is 28.0 Å². The Hall–Kier alpha value is -3.75. The quantitative estimate of drug-likeness (QED) is 0.256. The van der Waals surface area contributed by atoms with E-state index in [1.165, 1.54) is 0 Å². The summed E-state index contributed by atoms with van der Waals surface area (Å²) in [5.74, 6) is -0.865. The number of allylic oxidation sites excluding steroid dienone is 2. The third-order valence-electron chi connectivity index (χ3n) is 7.15. The van der Waals surface area contributed by atoms with Crippen LogP contribution in [0.25, 0.3) is 10.9 Å². The Morgan fingerprint density at radius 3 is 2.55 bits per heavy atom. The summed E-state index contributed by atoms with van der Waals surface area (Å²) in [7, 11) is 1.58. The Bertz CT molecular complexity index is 1580. The van der Waals surface area contributed by atoms with Crippen LogP contribution in [-0.2, 0) is 14.3 Å². The molecule has 40 heavy (non-hydrogen) atoms. The van der Waals surface area contributed by atoms with Crippen molar-refractivity contribution in [1.82, 2.24) is 9.99 Å². The molecule has 1 aliphatic carbocycles. The summed E-state index contributed by atoms with van der Waals surface area (Å²) < 4.78 is 10.9. The largest absolute Gasteiger partial charge is 0.497 e. The molecule has 0 fully saturated rings. The second-order valence-corrected chi connectivity index (χ2v) is 11.4. The van der Waals surface area contributed by atoms with Crippen molar-refractivity contribution < 1.29 is 19.1 Å². The predicted molar refractivity (Wildman–Crippen MR) is 156 cm³/mol. The van der Waals surface area contributed by atoms with E-state index in [4.69, 9.17) is 38.4 Å². The molecule has 10 heteroatoms. The average Bonchev–Trinajstić information content (AvgIpc) is 2.90. The lowest BCUT2D eigenvalue weighted by Gasteiger charge is -2.44. The Morgan fingerprint density at radius 2 is 1.88 bits per heavy atom. The van der Waals surface area contributed by atoms with E-state index in [1.807, 2.05) is 26.0 Å². The van der Waals surface area contributed by atoms with E-state index >= 15 is 0 Å². The van der Waals surface area contributed by atoms with Gasteiger partial charge in [0.05, 0.1) is 42.1 Å². The van der Waals surface area contributed by atoms with E-state index in [-0.39, 0.29) is 34.4 Å². The van der Waals surface area contributed by atoms with Crippen molar-refractivity contribution >= 4 is 51.5 Å². The van der Waals surface area contributed by atoms with Crippen molar-refractivity contribution in [2.75, 3.05) is 19.1 Å². The number of Topliss-reactive ketones (excluding diaryl/α,β-unsaturated/α-hetero) is 1. The highest BCUT2D eigenvalue weighted by atomic mass is 35.5. The number of carbonyl (C=O) groups is 2. The number of methoxy groups -OCH3 is 1. The molecular weight excluding hydrogens is 551 g/mol. The summed E-state index contributed by atoms with van der Waals surface area (Å²) in [5.41, 5.74) is 12.8. The van der Waals surface area contributed by atoms with Crippen molar-refractivity contribution in [3.63, 3.8) is 0 Å². The van der Waals surface area contributed by atoms with Gasteiger partial charge >= 0.3 is 5.97 Å². The number of ketones is 1. The van der Waals surface area contributed by atoms with Crippen molar-refractivity contribution in [1.29, 1.82) is 0 Å². The number of aromatic nitrogens is 1. The molecule has 2 aliphatic rings. The zero-order valence-corrected chi connectivity index (χ0v) is 24.2. The fraction of sp³-hybridized carbons (Fsp3) is 0.300. The first-order valence-electron chi connectivity index (χ1n) is 12.9. The molecule has 0 bridgehead atoms. The summed E-state index contributed by atoms with van der Waals surface area (Å²) in [6.07, 6.45) is 0.813. The van der Waals surface area contributed by atoms with Gasteiger partial charge in [-0.05, 0) is 67.3 Å². The smallest absolute Gasteiger partial charge is 0.338 e. The van der Waals surface area contributed by atoms with Crippen LogP contribution in [0, 0.1) is 5.41 Å². The molecular formula is C30H30Cl2N4O4. The van der Waals surface area contributed by atoms with Crippen LogP contribution in [0.1, 0.15) is 45.1 Å². The third-order valence-corrected chi connectivity index (χ3v) is 7.71. The number of anilines is 1. The first-order valence-corrected chi connectivity index (χ1v) is 13.7. The van der Waals surface area contributed by atoms with Gasteiger partial charge in [-0.3, -0.25) is 10.2 Å². The molecule has 2 heterocycles. The van der Waals surface area contributed by atoms with E-state index in [9.17, 15) is 9.59 Å². The topological polar surface area (TPSA) is 107 Å². The number of hydrogen-bond donors (Lipinski definition) is 2. The van der Waals surface area contributed by atoms with Gasteiger partial charge in [-0.15, -0.1) is 0 Å². The number of pyridine rings is 1. The average molecular weight is 582 g/mol. The molecule has 0 saturated carbocycles. The number of halogens is 2. The summed E-state index contributed by atoms with van der Waals surface area (Å²) in [5, 5.41) is 3.10. The number of esters is 1. The SMILES string of the molecule is CCOC(=O)C1=C(N)N(Nc2ccc(Cl)cc2)C2=C(C(=O)CC(C)(C)C2)C1c1cc2cc(OC)ccc2nc1Cl. The van der Waals surface area contributed by atoms with Crippen molar-refractivity contribution in [3.05, 3.63) is 86.9 Å². The number of carbonyl (C=O) groups excluding carboxylic acids is 2. The minimum Gasteiger partial charge on any atom is -0.497 e. The second kappa shape index (κ2) is 10.7. The van der Waals surface area contributed by atoms with Gasteiger partial charge in [-0.1, -0.05) is 37.0 Å². The van der Waals surface area contributed by atoms with Gasteiger partial charge < -0.3 is 15.2 Å². The molecule has 3 aromatic rings. The normalized spacial score (nSPS) is 18.6.